The minimum absolute atomic E-state index is 0.0673. The molecule has 310 valence electrons. The van der Waals surface area contributed by atoms with Crippen LogP contribution in [0.5, 0.6) is 0 Å². The number of rotatable bonds is 12. The second kappa shape index (κ2) is 16.7. The van der Waals surface area contributed by atoms with Crippen molar-refractivity contribution in [2.24, 2.45) is 0 Å². The van der Waals surface area contributed by atoms with E-state index in [9.17, 15) is 38.8 Å². The molecule has 0 amide bonds. The number of benzene rings is 6. The van der Waals surface area contributed by atoms with E-state index in [4.69, 9.17) is 4.42 Å². The zero-order valence-electron chi connectivity index (χ0n) is 33.0. The molecule has 7 nitrogen and oxygen atoms in total. The van der Waals surface area contributed by atoms with Gasteiger partial charge in [0, 0.05) is 39.3 Å². The molecule has 1 aliphatic carbocycles. The van der Waals surface area contributed by atoms with Gasteiger partial charge in [0.2, 0.25) is 16.9 Å². The van der Waals surface area contributed by atoms with E-state index < -0.39 is 58.9 Å². The van der Waals surface area contributed by atoms with Gasteiger partial charge >= 0.3 is 0 Å². The number of fused-ring (bicyclic) bond motifs is 2. The number of halogens is 5. The minimum atomic E-state index is -6.05. The van der Waals surface area contributed by atoms with Gasteiger partial charge in [-0.2, -0.15) is 0 Å². The number of aryl methyl sites for hydroxylation is 4. The maximum absolute atomic E-state index is 14.7. The zero-order chi connectivity index (χ0) is 43.1. The molecule has 0 fully saturated rings. The van der Waals surface area contributed by atoms with E-state index >= 15 is 0 Å². The highest BCUT2D eigenvalue weighted by atomic mass is 32.3. The van der Waals surface area contributed by atoms with Crippen molar-refractivity contribution in [2.45, 2.75) is 69.6 Å². The van der Waals surface area contributed by atoms with Crippen molar-refractivity contribution in [1.29, 1.82) is 0 Å². The molecule has 0 atom stereocenters. The van der Waals surface area contributed by atoms with E-state index in [-0.39, 0.29) is 5.56 Å². The number of nitrogens with zero attached hydrogens (tertiary/aromatic N) is 1. The molecule has 0 aromatic heterocycles. The van der Waals surface area contributed by atoms with Crippen molar-refractivity contribution >= 4 is 36.7 Å². The number of hydrogen-bond acceptors (Lipinski definition) is 5. The molecule has 7 rings (SSSR count). The number of para-hydroxylation sites is 1. The molecule has 0 spiro atoms. The first-order chi connectivity index (χ1) is 28.6. The smallest absolute Gasteiger partial charge is 0.210 e. The highest BCUT2D eigenvalue weighted by molar-refractivity contribution is 8.12. The molecule has 5 aromatic carbocycles. The van der Waals surface area contributed by atoms with Crippen LogP contribution in [-0.2, 0) is 52.2 Å². The van der Waals surface area contributed by atoms with Gasteiger partial charge in [-0.1, -0.05) is 94.4 Å². The fraction of sp³-hybridized carbons (Fsp3) is 0.196. The Morgan fingerprint density at radius 1 is 0.583 bits per heavy atom. The zero-order valence-corrected chi connectivity index (χ0v) is 34.6. The third-order valence-corrected chi connectivity index (χ3v) is 14.0. The van der Waals surface area contributed by atoms with Gasteiger partial charge in [0.25, 0.3) is 0 Å². The number of hydrogen-bond donors (Lipinski definition) is 1. The molecular formula is C46H39F5N2O5S2. The van der Waals surface area contributed by atoms with Crippen LogP contribution in [0.25, 0.3) is 37.5 Å². The number of sulfonamides is 2. The molecule has 1 N–H and O–H groups in total. The van der Waals surface area contributed by atoms with Crippen LogP contribution in [0.15, 0.2) is 111 Å². The van der Waals surface area contributed by atoms with Crippen molar-refractivity contribution in [2.75, 3.05) is 0 Å². The van der Waals surface area contributed by atoms with Gasteiger partial charge in [-0.05, 0) is 72.6 Å². The topological polar surface area (TPSA) is 109 Å². The van der Waals surface area contributed by atoms with Crippen LogP contribution >= 0.6 is 0 Å². The summed E-state index contributed by atoms with van der Waals surface area (Å²) in [6.45, 7) is 8.29. The highest BCUT2D eigenvalue weighted by Gasteiger charge is 2.32. The lowest BCUT2D eigenvalue weighted by molar-refractivity contribution is -0.403. The molecule has 60 heavy (non-hydrogen) atoms. The fourth-order valence-electron chi connectivity index (χ4n) is 7.66. The van der Waals surface area contributed by atoms with Crippen LogP contribution in [0.3, 0.4) is 0 Å². The van der Waals surface area contributed by atoms with E-state index in [0.717, 1.165) is 54.1 Å². The maximum atomic E-state index is 14.7. The molecule has 2 aliphatic rings. The van der Waals surface area contributed by atoms with Gasteiger partial charge in [0.15, 0.2) is 23.3 Å². The van der Waals surface area contributed by atoms with Gasteiger partial charge in [-0.3, -0.25) is 0 Å². The summed E-state index contributed by atoms with van der Waals surface area (Å²) < 4.78 is 135. The van der Waals surface area contributed by atoms with Crippen LogP contribution in [0.4, 0.5) is 27.6 Å². The van der Waals surface area contributed by atoms with Gasteiger partial charge in [-0.15, -0.1) is 0 Å². The molecule has 0 unspecified atom stereocenters. The lowest BCUT2D eigenvalue weighted by atomic mass is 9.90. The Hall–Kier alpha value is -5.70. The van der Waals surface area contributed by atoms with Crippen molar-refractivity contribution in [3.05, 3.63) is 169 Å². The summed E-state index contributed by atoms with van der Waals surface area (Å²) >= 11 is 0. The second-order valence-electron chi connectivity index (χ2n) is 14.2. The Kier molecular flexibility index (Phi) is 11.8. The van der Waals surface area contributed by atoms with Crippen LogP contribution < -0.4 is 10.3 Å². The monoisotopic (exact) mass is 858 g/mol. The molecule has 0 radical (unpaired) electrons. The first-order valence-corrected chi connectivity index (χ1v) is 22.2. The van der Waals surface area contributed by atoms with E-state index in [0.29, 0.717) is 39.6 Å². The van der Waals surface area contributed by atoms with E-state index in [1.807, 2.05) is 36.4 Å². The average Bonchev–Trinajstić information content (AvgIpc) is 3.23. The van der Waals surface area contributed by atoms with Crippen LogP contribution in [0.2, 0.25) is 0 Å². The van der Waals surface area contributed by atoms with Gasteiger partial charge in [-0.25, -0.2) is 43.8 Å². The molecular weight excluding hydrogens is 820 g/mol. The molecule has 14 heteroatoms. The summed E-state index contributed by atoms with van der Waals surface area (Å²) in [5, 5.41) is 1.10. The largest absolute Gasteiger partial charge is 0.456 e. The van der Waals surface area contributed by atoms with E-state index in [2.05, 4.69) is 48.9 Å². The molecule has 1 aliphatic heterocycles. The SMILES string of the molecule is CCc1cccc(CC)c1Cc1ccc2c(-c3ccccc3S(=O)(=O)[N-]S(=O)(=O)c3c(F)c(F)c(F)c(F)c3F)c3ccc(=[NH+]c4c(CC)cccc4CC)cc-3oc2c1. The maximum Gasteiger partial charge on any atom is 0.210 e. The molecule has 5 aromatic rings. The summed E-state index contributed by atoms with van der Waals surface area (Å²) in [7, 11) is -11.5. The molecule has 0 saturated carbocycles. The molecule has 1 heterocycles. The third kappa shape index (κ3) is 7.75. The van der Waals surface area contributed by atoms with Crippen molar-refractivity contribution in [1.82, 2.24) is 0 Å². The fourth-order valence-corrected chi connectivity index (χ4v) is 10.6. The average molecular weight is 859 g/mol. The van der Waals surface area contributed by atoms with Crippen molar-refractivity contribution in [3.8, 4) is 22.5 Å². The van der Waals surface area contributed by atoms with Gasteiger partial charge in [0.1, 0.15) is 36.3 Å². The predicted octanol–water partition coefficient (Wildman–Crippen LogP) is 9.50. The summed E-state index contributed by atoms with van der Waals surface area (Å²) in [5.41, 5.74) is 8.61. The Labute approximate surface area is 344 Å². The van der Waals surface area contributed by atoms with Gasteiger partial charge in [0.05, 0.1) is 11.0 Å². The Morgan fingerprint density at radius 3 is 1.75 bits per heavy atom. The molecule has 0 saturated heterocycles. The predicted molar refractivity (Wildman–Crippen MR) is 219 cm³/mol. The van der Waals surface area contributed by atoms with E-state index in [1.165, 1.54) is 34.9 Å². The van der Waals surface area contributed by atoms with Gasteiger partial charge < -0.3 is 8.54 Å². The lowest BCUT2D eigenvalue weighted by Gasteiger charge is -2.24. The van der Waals surface area contributed by atoms with E-state index in [1.54, 1.807) is 24.3 Å². The standard InChI is InChI=1S/C46H38F5N2O5S2/c1-5-27-13-11-14-28(6-2)35(27)23-26-19-21-32-36(24-26)58-37-25-31(52-45-29(7-3)15-12-16-30(45)8-4)20-22-33(37)39(32)34-17-9-10-18-38(34)59(54,55)53-60(56,57)46-43(50)41(48)40(47)42(49)44(46)51/h9-22,24-25H,5-8,23H2,1-4H3/q-1/p+1. The molecule has 0 bridgehead atoms. The first-order valence-electron chi connectivity index (χ1n) is 19.3. The van der Waals surface area contributed by atoms with Crippen LogP contribution in [0.1, 0.15) is 61.1 Å². The minimum Gasteiger partial charge on any atom is -0.456 e. The highest BCUT2D eigenvalue weighted by Crippen LogP contribution is 2.44. The third-order valence-electron chi connectivity index (χ3n) is 10.6. The lowest BCUT2D eigenvalue weighted by Crippen LogP contribution is -2.71. The summed E-state index contributed by atoms with van der Waals surface area (Å²) in [5.74, 6) is -12.9. The Bertz CT molecular complexity index is 3020. The number of nitrogens with one attached hydrogen (secondary N) is 1. The normalized spacial score (nSPS) is 12.5. The van der Waals surface area contributed by atoms with Crippen LogP contribution in [-0.4, -0.2) is 16.8 Å². The summed E-state index contributed by atoms with van der Waals surface area (Å²) in [4.78, 5) is 0.422. The second-order valence-corrected chi connectivity index (χ2v) is 17.5. The quantitative estimate of drug-likeness (QED) is 0.0570. The van der Waals surface area contributed by atoms with Crippen molar-refractivity contribution < 1.29 is 48.2 Å². The first kappa shape index (κ1) is 42.4. The Morgan fingerprint density at radius 2 is 1.15 bits per heavy atom. The summed E-state index contributed by atoms with van der Waals surface area (Å²) in [6.07, 6.45) is 3.75. The Balaban J connectivity index is 1.46. The van der Waals surface area contributed by atoms with Crippen LogP contribution in [0, 0.1) is 29.1 Å². The van der Waals surface area contributed by atoms with Crippen molar-refractivity contribution in [3.63, 3.8) is 0 Å². The summed E-state index contributed by atoms with van der Waals surface area (Å²) in [6, 6.07) is 28.3.